The Kier molecular flexibility index (Phi) is 8.20. The summed E-state index contributed by atoms with van der Waals surface area (Å²) in [6.45, 7) is 4.57. The fraction of sp³-hybridized carbons (Fsp3) is 0.667. The molecule has 0 radical (unpaired) electrons. The Morgan fingerprint density at radius 1 is 0.893 bits per heavy atom. The first-order valence-electron chi connectivity index (χ1n) is 12.0. The van der Waals surface area contributed by atoms with E-state index in [1.807, 2.05) is 0 Å². The lowest BCUT2D eigenvalue weighted by Crippen LogP contribution is -2.13. The summed E-state index contributed by atoms with van der Waals surface area (Å²) in [4.78, 5) is 0. The number of nitrogens with zero attached hydrogens (tertiary/aromatic N) is 1. The molecular weight excluding hydrogens is 338 g/mol. The van der Waals surface area contributed by atoms with E-state index in [1.54, 1.807) is 0 Å². The normalized spacial score (nSPS) is 25.5. The number of allylic oxidation sites excluding steroid dienone is 2. The molecular formula is C27H39N. The van der Waals surface area contributed by atoms with E-state index in [9.17, 15) is 5.26 Å². The minimum absolute atomic E-state index is 0.494. The van der Waals surface area contributed by atoms with Gasteiger partial charge in [-0.05, 0) is 85.8 Å². The quantitative estimate of drug-likeness (QED) is 0.417. The minimum atomic E-state index is 0.494. The largest absolute Gasteiger partial charge is 0.193 e. The fourth-order valence-corrected chi connectivity index (χ4v) is 5.59. The molecule has 0 aliphatic heterocycles. The highest BCUT2D eigenvalue weighted by Crippen LogP contribution is 2.40. The van der Waals surface area contributed by atoms with Crippen LogP contribution >= 0.6 is 0 Å². The predicted octanol–water partition coefficient (Wildman–Crippen LogP) is 8.42. The van der Waals surface area contributed by atoms with Gasteiger partial charge >= 0.3 is 0 Å². The summed E-state index contributed by atoms with van der Waals surface area (Å²) >= 11 is 0. The molecule has 0 spiro atoms. The monoisotopic (exact) mass is 377 g/mol. The number of rotatable bonds is 8. The van der Waals surface area contributed by atoms with Gasteiger partial charge in [0.25, 0.3) is 0 Å². The molecule has 1 heteroatoms. The molecule has 1 aromatic carbocycles. The maximum atomic E-state index is 9.87. The maximum absolute atomic E-state index is 9.87. The Labute approximate surface area is 173 Å². The van der Waals surface area contributed by atoms with Crippen molar-refractivity contribution in [2.75, 3.05) is 0 Å². The second-order valence-electron chi connectivity index (χ2n) is 9.22. The van der Waals surface area contributed by atoms with Crippen molar-refractivity contribution in [1.82, 2.24) is 0 Å². The maximum Gasteiger partial charge on any atom is 0.0953 e. The molecule has 3 rings (SSSR count). The lowest BCUT2D eigenvalue weighted by molar-refractivity contribution is 0.308. The van der Waals surface area contributed by atoms with Gasteiger partial charge in [-0.25, -0.2) is 0 Å². The van der Waals surface area contributed by atoms with Crippen LogP contribution in [-0.2, 0) is 0 Å². The van der Waals surface area contributed by atoms with Crippen LogP contribution in [0.5, 0.6) is 0 Å². The third-order valence-corrected chi connectivity index (χ3v) is 7.26. The van der Waals surface area contributed by atoms with Crippen molar-refractivity contribution in [2.45, 2.75) is 103 Å². The number of nitriles is 1. The van der Waals surface area contributed by atoms with E-state index < -0.39 is 0 Å². The summed E-state index contributed by atoms with van der Waals surface area (Å²) in [5.41, 5.74) is 5.26. The minimum Gasteiger partial charge on any atom is -0.193 e. The standard InChI is InChI=1S/C27H39N/c1-3-5-6-9-24-10-7-11-26(27(24)20-28)25-18-16-23(17-19-25)22-14-12-21(8-4-2)13-15-22/h16-19,21-22,24H,3-15H2,1-2H3/t21-,22-,24?. The van der Waals surface area contributed by atoms with Crippen molar-refractivity contribution < 1.29 is 0 Å². The third kappa shape index (κ3) is 5.28. The first kappa shape index (κ1) is 21.2. The molecule has 0 heterocycles. The van der Waals surface area contributed by atoms with E-state index in [0.29, 0.717) is 5.92 Å². The van der Waals surface area contributed by atoms with Crippen LogP contribution in [0.25, 0.3) is 5.57 Å². The van der Waals surface area contributed by atoms with Crippen molar-refractivity contribution in [3.63, 3.8) is 0 Å². The molecule has 0 N–H and O–H groups in total. The number of unbranched alkanes of at least 4 members (excludes halogenated alkanes) is 2. The molecule has 1 atom stereocenters. The molecule has 1 fully saturated rings. The molecule has 0 amide bonds. The van der Waals surface area contributed by atoms with Crippen LogP contribution in [0.2, 0.25) is 0 Å². The Balaban J connectivity index is 1.69. The van der Waals surface area contributed by atoms with Crippen LogP contribution in [0.1, 0.15) is 114 Å². The molecule has 2 aliphatic rings. The smallest absolute Gasteiger partial charge is 0.0953 e. The highest BCUT2D eigenvalue weighted by Gasteiger charge is 2.25. The van der Waals surface area contributed by atoms with E-state index in [0.717, 1.165) is 23.8 Å². The van der Waals surface area contributed by atoms with Gasteiger partial charge in [0, 0.05) is 5.57 Å². The highest BCUT2D eigenvalue weighted by molar-refractivity contribution is 5.73. The van der Waals surface area contributed by atoms with Crippen molar-refractivity contribution in [2.24, 2.45) is 11.8 Å². The Morgan fingerprint density at radius 2 is 1.64 bits per heavy atom. The Bertz CT molecular complexity index is 667. The van der Waals surface area contributed by atoms with Crippen LogP contribution in [0, 0.1) is 23.2 Å². The van der Waals surface area contributed by atoms with Gasteiger partial charge in [-0.3, -0.25) is 0 Å². The summed E-state index contributed by atoms with van der Waals surface area (Å²) in [5.74, 6) is 2.21. The zero-order valence-electron chi connectivity index (χ0n) is 18.2. The molecule has 1 unspecified atom stereocenters. The van der Waals surface area contributed by atoms with Gasteiger partial charge in [-0.2, -0.15) is 5.26 Å². The average molecular weight is 378 g/mol. The van der Waals surface area contributed by atoms with E-state index in [-0.39, 0.29) is 0 Å². The van der Waals surface area contributed by atoms with Gasteiger partial charge in [0.15, 0.2) is 0 Å². The molecule has 152 valence electrons. The second-order valence-corrected chi connectivity index (χ2v) is 9.22. The van der Waals surface area contributed by atoms with Gasteiger partial charge in [-0.1, -0.05) is 70.2 Å². The molecule has 1 aromatic rings. The van der Waals surface area contributed by atoms with Crippen molar-refractivity contribution >= 4 is 5.57 Å². The third-order valence-electron chi connectivity index (χ3n) is 7.26. The predicted molar refractivity (Wildman–Crippen MR) is 120 cm³/mol. The highest BCUT2D eigenvalue weighted by atomic mass is 14.3. The summed E-state index contributed by atoms with van der Waals surface area (Å²) in [6, 6.07) is 12.0. The SMILES string of the molecule is CCCCCC1CCCC(c2ccc([C@H]3CC[C@H](CCC)CC3)cc2)=C1C#N. The van der Waals surface area contributed by atoms with Crippen LogP contribution in [0.4, 0.5) is 0 Å². The fourth-order valence-electron chi connectivity index (χ4n) is 5.59. The van der Waals surface area contributed by atoms with Gasteiger partial charge in [0.1, 0.15) is 0 Å². The number of benzene rings is 1. The van der Waals surface area contributed by atoms with E-state index in [2.05, 4.69) is 44.2 Å². The topological polar surface area (TPSA) is 23.8 Å². The van der Waals surface area contributed by atoms with Crippen LogP contribution in [0.15, 0.2) is 29.8 Å². The van der Waals surface area contributed by atoms with Gasteiger partial charge in [-0.15, -0.1) is 0 Å². The first-order valence-corrected chi connectivity index (χ1v) is 12.0. The molecule has 0 saturated heterocycles. The summed E-state index contributed by atoms with van der Waals surface area (Å²) in [6.07, 6.45) is 16.8. The van der Waals surface area contributed by atoms with Crippen molar-refractivity contribution in [3.05, 3.63) is 41.0 Å². The summed E-state index contributed by atoms with van der Waals surface area (Å²) in [5, 5.41) is 9.87. The van der Waals surface area contributed by atoms with E-state index >= 15 is 0 Å². The van der Waals surface area contributed by atoms with Crippen LogP contribution in [0.3, 0.4) is 0 Å². The molecule has 2 aliphatic carbocycles. The lowest BCUT2D eigenvalue weighted by atomic mass is 9.76. The molecule has 0 bridgehead atoms. The zero-order chi connectivity index (χ0) is 19.8. The zero-order valence-corrected chi connectivity index (χ0v) is 18.2. The van der Waals surface area contributed by atoms with Crippen LogP contribution < -0.4 is 0 Å². The molecule has 1 nitrogen and oxygen atoms in total. The first-order chi connectivity index (χ1) is 13.8. The average Bonchev–Trinajstić information content (AvgIpc) is 2.75. The van der Waals surface area contributed by atoms with E-state index in [4.69, 9.17) is 0 Å². The van der Waals surface area contributed by atoms with E-state index in [1.165, 1.54) is 93.7 Å². The number of hydrogen-bond acceptors (Lipinski definition) is 1. The van der Waals surface area contributed by atoms with Crippen LogP contribution in [-0.4, -0.2) is 0 Å². The summed E-state index contributed by atoms with van der Waals surface area (Å²) < 4.78 is 0. The molecule has 28 heavy (non-hydrogen) atoms. The van der Waals surface area contributed by atoms with Gasteiger partial charge in [0.2, 0.25) is 0 Å². The van der Waals surface area contributed by atoms with Crippen molar-refractivity contribution in [1.29, 1.82) is 5.26 Å². The van der Waals surface area contributed by atoms with Gasteiger partial charge < -0.3 is 0 Å². The lowest BCUT2D eigenvalue weighted by Gasteiger charge is -2.29. The number of hydrogen-bond donors (Lipinski definition) is 0. The van der Waals surface area contributed by atoms with Gasteiger partial charge in [0.05, 0.1) is 6.07 Å². The second kappa shape index (κ2) is 10.8. The summed E-state index contributed by atoms with van der Waals surface area (Å²) in [7, 11) is 0. The Hall–Kier alpha value is -1.55. The Morgan fingerprint density at radius 3 is 2.29 bits per heavy atom. The molecule has 1 saturated carbocycles. The van der Waals surface area contributed by atoms with Crippen molar-refractivity contribution in [3.8, 4) is 6.07 Å². The molecule has 0 aromatic heterocycles.